The van der Waals surface area contributed by atoms with Gasteiger partial charge < -0.3 is 20.1 Å². The number of benzene rings is 1. The maximum atomic E-state index is 12.4. The van der Waals surface area contributed by atoms with Gasteiger partial charge in [-0.1, -0.05) is 12.1 Å². The largest absolute Gasteiger partial charge is 0.397 e. The maximum absolute atomic E-state index is 12.4. The van der Waals surface area contributed by atoms with Crippen molar-refractivity contribution in [1.29, 1.82) is 0 Å². The van der Waals surface area contributed by atoms with Crippen LogP contribution in [0.3, 0.4) is 0 Å². The summed E-state index contributed by atoms with van der Waals surface area (Å²) in [5, 5.41) is 1.08. The molecular formula is C15H20N4O. The van der Waals surface area contributed by atoms with Gasteiger partial charge in [0, 0.05) is 37.8 Å². The van der Waals surface area contributed by atoms with Crippen molar-refractivity contribution in [3.8, 4) is 0 Å². The van der Waals surface area contributed by atoms with Crippen LogP contribution in [-0.4, -0.2) is 53.5 Å². The van der Waals surface area contributed by atoms with E-state index in [-0.39, 0.29) is 5.91 Å². The van der Waals surface area contributed by atoms with Gasteiger partial charge in [-0.05, 0) is 19.2 Å². The summed E-state index contributed by atoms with van der Waals surface area (Å²) >= 11 is 0. The molecule has 2 N–H and O–H groups in total. The molecule has 0 radical (unpaired) electrons. The minimum Gasteiger partial charge on any atom is -0.397 e. The summed E-state index contributed by atoms with van der Waals surface area (Å²) in [7, 11) is 2.09. The highest BCUT2D eigenvalue weighted by Crippen LogP contribution is 2.22. The molecule has 0 unspecified atom stereocenters. The molecule has 20 heavy (non-hydrogen) atoms. The van der Waals surface area contributed by atoms with E-state index in [4.69, 9.17) is 5.73 Å². The molecule has 5 heteroatoms. The van der Waals surface area contributed by atoms with Crippen molar-refractivity contribution in [1.82, 2.24) is 14.4 Å². The summed E-state index contributed by atoms with van der Waals surface area (Å²) in [6.07, 6.45) is 1.94. The highest BCUT2D eigenvalue weighted by atomic mass is 16.2. The normalized spacial score (nSPS) is 16.8. The predicted molar refractivity (Wildman–Crippen MR) is 80.4 cm³/mol. The third-order valence-corrected chi connectivity index (χ3v) is 3.98. The number of carbonyl (C=O) groups is 1. The molecule has 2 heterocycles. The molecule has 1 aromatic carbocycles. The fraction of sp³-hybridized carbons (Fsp3) is 0.400. The number of carbonyl (C=O) groups excluding carboxylic acids is 1. The molecule has 1 aromatic heterocycles. The fourth-order valence-electron chi connectivity index (χ4n) is 2.72. The zero-order valence-electron chi connectivity index (χ0n) is 11.7. The van der Waals surface area contributed by atoms with Crippen LogP contribution in [0.4, 0.5) is 5.69 Å². The van der Waals surface area contributed by atoms with Crippen LogP contribution in [0.1, 0.15) is 0 Å². The van der Waals surface area contributed by atoms with E-state index in [9.17, 15) is 4.79 Å². The average Bonchev–Trinajstić information content (AvgIpc) is 2.84. The van der Waals surface area contributed by atoms with E-state index in [2.05, 4.69) is 11.9 Å². The lowest BCUT2D eigenvalue weighted by Crippen LogP contribution is -2.48. The van der Waals surface area contributed by atoms with Crippen LogP contribution in [-0.2, 0) is 11.3 Å². The molecule has 0 bridgehead atoms. The second-order valence-corrected chi connectivity index (χ2v) is 5.41. The molecule has 0 spiro atoms. The highest BCUT2D eigenvalue weighted by Gasteiger charge is 2.19. The minimum absolute atomic E-state index is 0.166. The van der Waals surface area contributed by atoms with E-state index in [1.165, 1.54) is 0 Å². The molecule has 0 saturated carbocycles. The van der Waals surface area contributed by atoms with E-state index in [0.29, 0.717) is 6.54 Å². The van der Waals surface area contributed by atoms with Gasteiger partial charge in [0.1, 0.15) is 6.54 Å². The Balaban J connectivity index is 1.78. The second kappa shape index (κ2) is 5.17. The number of aromatic nitrogens is 1. The second-order valence-electron chi connectivity index (χ2n) is 5.41. The summed E-state index contributed by atoms with van der Waals surface area (Å²) in [6.45, 7) is 3.87. The standard InChI is InChI=1S/C15H20N4O/c1-17-7-9-18(10-8-17)14(20)11-19-6-5-12-3-2-4-13(16)15(12)19/h2-6H,7-11,16H2,1H3. The first kappa shape index (κ1) is 13.0. The zero-order chi connectivity index (χ0) is 14.1. The van der Waals surface area contributed by atoms with Crippen molar-refractivity contribution in [3.63, 3.8) is 0 Å². The van der Waals surface area contributed by atoms with Crippen LogP contribution in [0.15, 0.2) is 30.5 Å². The Bertz CT molecular complexity index is 626. The Labute approximate surface area is 118 Å². The van der Waals surface area contributed by atoms with Crippen LogP contribution in [0, 0.1) is 0 Å². The SMILES string of the molecule is CN1CCN(C(=O)Cn2ccc3cccc(N)c32)CC1. The number of nitrogens with zero attached hydrogens (tertiary/aromatic N) is 3. The van der Waals surface area contributed by atoms with Crippen LogP contribution in [0.2, 0.25) is 0 Å². The van der Waals surface area contributed by atoms with Crippen molar-refractivity contribution in [2.75, 3.05) is 39.0 Å². The number of para-hydroxylation sites is 1. The zero-order valence-corrected chi connectivity index (χ0v) is 11.7. The lowest BCUT2D eigenvalue weighted by atomic mass is 10.2. The Kier molecular flexibility index (Phi) is 3.36. The Morgan fingerprint density at radius 1 is 1.20 bits per heavy atom. The highest BCUT2D eigenvalue weighted by molar-refractivity contribution is 5.91. The number of hydrogen-bond acceptors (Lipinski definition) is 3. The molecule has 0 atom stereocenters. The quantitative estimate of drug-likeness (QED) is 0.830. The van der Waals surface area contributed by atoms with Gasteiger partial charge in [0.15, 0.2) is 0 Å². The first-order valence-electron chi connectivity index (χ1n) is 6.95. The number of anilines is 1. The van der Waals surface area contributed by atoms with Gasteiger partial charge in [-0.15, -0.1) is 0 Å². The van der Waals surface area contributed by atoms with Crippen LogP contribution >= 0.6 is 0 Å². The van der Waals surface area contributed by atoms with E-state index in [1.807, 2.05) is 39.9 Å². The summed E-state index contributed by atoms with van der Waals surface area (Å²) in [5.41, 5.74) is 7.70. The van der Waals surface area contributed by atoms with Gasteiger partial charge in [0.05, 0.1) is 11.2 Å². The van der Waals surface area contributed by atoms with Gasteiger partial charge in [-0.25, -0.2) is 0 Å². The van der Waals surface area contributed by atoms with Gasteiger partial charge in [0.2, 0.25) is 5.91 Å². The topological polar surface area (TPSA) is 54.5 Å². The lowest BCUT2D eigenvalue weighted by molar-refractivity contribution is -0.133. The number of amides is 1. The van der Waals surface area contributed by atoms with E-state index >= 15 is 0 Å². The van der Waals surface area contributed by atoms with Crippen molar-refractivity contribution >= 4 is 22.5 Å². The number of hydrogen-bond donors (Lipinski definition) is 1. The summed E-state index contributed by atoms with van der Waals surface area (Å²) in [6, 6.07) is 7.83. The third kappa shape index (κ3) is 2.36. The van der Waals surface area contributed by atoms with Crippen molar-refractivity contribution < 1.29 is 4.79 Å². The number of fused-ring (bicyclic) bond motifs is 1. The molecule has 1 aliphatic heterocycles. The maximum Gasteiger partial charge on any atom is 0.242 e. The molecule has 2 aromatic rings. The average molecular weight is 272 g/mol. The molecule has 0 aliphatic carbocycles. The summed E-state index contributed by atoms with van der Waals surface area (Å²) in [5.74, 6) is 0.166. The van der Waals surface area contributed by atoms with Gasteiger partial charge in [-0.2, -0.15) is 0 Å². The van der Waals surface area contributed by atoms with Crippen molar-refractivity contribution in [2.45, 2.75) is 6.54 Å². The number of nitrogen functional groups attached to an aromatic ring is 1. The fourth-order valence-corrected chi connectivity index (χ4v) is 2.72. The molecular weight excluding hydrogens is 252 g/mol. The molecule has 1 aliphatic rings. The van der Waals surface area contributed by atoms with Crippen LogP contribution in [0.25, 0.3) is 10.9 Å². The minimum atomic E-state index is 0.166. The molecule has 106 valence electrons. The Hall–Kier alpha value is -2.01. The smallest absolute Gasteiger partial charge is 0.242 e. The van der Waals surface area contributed by atoms with Crippen LogP contribution < -0.4 is 5.73 Å². The van der Waals surface area contributed by atoms with Crippen LogP contribution in [0.5, 0.6) is 0 Å². The van der Waals surface area contributed by atoms with Gasteiger partial charge in [0.25, 0.3) is 0 Å². The van der Waals surface area contributed by atoms with Gasteiger partial charge >= 0.3 is 0 Å². The first-order chi connectivity index (χ1) is 9.65. The number of nitrogens with two attached hydrogens (primary N) is 1. The molecule has 3 rings (SSSR count). The van der Waals surface area contributed by atoms with E-state index in [0.717, 1.165) is 42.8 Å². The monoisotopic (exact) mass is 272 g/mol. The molecule has 5 nitrogen and oxygen atoms in total. The van der Waals surface area contributed by atoms with Crippen molar-refractivity contribution in [3.05, 3.63) is 30.5 Å². The third-order valence-electron chi connectivity index (χ3n) is 3.98. The van der Waals surface area contributed by atoms with Crippen molar-refractivity contribution in [2.24, 2.45) is 0 Å². The van der Waals surface area contributed by atoms with Gasteiger partial charge in [-0.3, -0.25) is 4.79 Å². The molecule has 1 amide bonds. The Morgan fingerprint density at radius 3 is 2.70 bits per heavy atom. The Morgan fingerprint density at radius 2 is 1.95 bits per heavy atom. The number of rotatable bonds is 2. The molecule has 1 fully saturated rings. The summed E-state index contributed by atoms with van der Waals surface area (Å²) < 4.78 is 1.95. The van der Waals surface area contributed by atoms with E-state index in [1.54, 1.807) is 0 Å². The number of piperazine rings is 1. The number of likely N-dealkylation sites (N-methyl/N-ethyl adjacent to an activating group) is 1. The first-order valence-corrected chi connectivity index (χ1v) is 6.95. The summed E-state index contributed by atoms with van der Waals surface area (Å²) in [4.78, 5) is 16.6. The lowest BCUT2D eigenvalue weighted by Gasteiger charge is -2.32. The molecule has 1 saturated heterocycles. The van der Waals surface area contributed by atoms with E-state index < -0.39 is 0 Å². The predicted octanol–water partition coefficient (Wildman–Crippen LogP) is 0.997.